The van der Waals surface area contributed by atoms with Crippen LogP contribution in [0.25, 0.3) is 11.3 Å². The lowest BCUT2D eigenvalue weighted by Crippen LogP contribution is -1.89. The number of halogens is 2. The Morgan fingerprint density at radius 1 is 0.933 bits per heavy atom. The minimum Gasteiger partial charge on any atom is -0.155 e. The van der Waals surface area contributed by atoms with Gasteiger partial charge in [-0.05, 0) is 37.3 Å². The summed E-state index contributed by atoms with van der Waals surface area (Å²) >= 11 is 11.8. The molecule has 1 heterocycles. The monoisotopic (exact) mass is 238 g/mol. The smallest absolute Gasteiger partial charge is 0.0930 e. The van der Waals surface area contributed by atoms with Crippen LogP contribution in [0, 0.1) is 6.92 Å². The summed E-state index contributed by atoms with van der Waals surface area (Å²) in [5.74, 6) is 0. The normalized spacial score (nSPS) is 10.3. The van der Waals surface area contributed by atoms with Gasteiger partial charge in [-0.2, -0.15) is 10.2 Å². The van der Waals surface area contributed by atoms with Crippen molar-refractivity contribution in [3.63, 3.8) is 0 Å². The van der Waals surface area contributed by atoms with Crippen molar-refractivity contribution in [3.05, 3.63) is 46.1 Å². The fourth-order valence-electron chi connectivity index (χ4n) is 1.25. The van der Waals surface area contributed by atoms with E-state index >= 15 is 0 Å². The highest BCUT2D eigenvalue weighted by molar-refractivity contribution is 6.35. The summed E-state index contributed by atoms with van der Waals surface area (Å²) in [6, 6.07) is 9.11. The van der Waals surface area contributed by atoms with Crippen LogP contribution in [0.3, 0.4) is 0 Å². The fourth-order valence-corrected chi connectivity index (χ4v) is 1.78. The summed E-state index contributed by atoms with van der Waals surface area (Å²) in [6.07, 6.45) is 0. The molecule has 0 aliphatic rings. The molecule has 0 amide bonds. The molecule has 0 bridgehead atoms. The predicted molar refractivity (Wildman–Crippen MR) is 62.2 cm³/mol. The van der Waals surface area contributed by atoms with E-state index in [4.69, 9.17) is 23.2 Å². The van der Waals surface area contributed by atoms with Gasteiger partial charge in [0.2, 0.25) is 0 Å². The maximum absolute atomic E-state index is 5.90. The van der Waals surface area contributed by atoms with Crippen molar-refractivity contribution < 1.29 is 0 Å². The SMILES string of the molecule is Cc1ccc(-c2cc(Cl)cc(Cl)c2)nn1. The van der Waals surface area contributed by atoms with Gasteiger partial charge in [0, 0.05) is 15.6 Å². The van der Waals surface area contributed by atoms with Crippen LogP contribution in [0.1, 0.15) is 5.69 Å². The van der Waals surface area contributed by atoms with Gasteiger partial charge in [0.25, 0.3) is 0 Å². The largest absolute Gasteiger partial charge is 0.155 e. The van der Waals surface area contributed by atoms with Crippen molar-refractivity contribution >= 4 is 23.2 Å². The zero-order chi connectivity index (χ0) is 10.8. The van der Waals surface area contributed by atoms with Gasteiger partial charge in [-0.3, -0.25) is 0 Å². The lowest BCUT2D eigenvalue weighted by molar-refractivity contribution is 0.987. The molecule has 0 aliphatic heterocycles. The van der Waals surface area contributed by atoms with E-state index in [0.29, 0.717) is 10.0 Å². The molecule has 0 atom stereocenters. The third-order valence-corrected chi connectivity index (χ3v) is 2.39. The average molecular weight is 239 g/mol. The topological polar surface area (TPSA) is 25.8 Å². The van der Waals surface area contributed by atoms with Crippen LogP contribution in [0.5, 0.6) is 0 Å². The van der Waals surface area contributed by atoms with Gasteiger partial charge >= 0.3 is 0 Å². The molecule has 0 spiro atoms. The zero-order valence-corrected chi connectivity index (χ0v) is 9.55. The molecule has 15 heavy (non-hydrogen) atoms. The predicted octanol–water partition coefficient (Wildman–Crippen LogP) is 3.76. The first-order chi connectivity index (χ1) is 7.15. The molecular formula is C11H8Cl2N2. The molecule has 76 valence electrons. The van der Waals surface area contributed by atoms with Crippen molar-refractivity contribution in [2.24, 2.45) is 0 Å². The van der Waals surface area contributed by atoms with Crippen molar-refractivity contribution in [1.29, 1.82) is 0 Å². The number of hydrogen-bond acceptors (Lipinski definition) is 2. The molecule has 1 aromatic heterocycles. The van der Waals surface area contributed by atoms with Gasteiger partial charge < -0.3 is 0 Å². The summed E-state index contributed by atoms with van der Waals surface area (Å²) in [6.45, 7) is 1.89. The second kappa shape index (κ2) is 4.17. The van der Waals surface area contributed by atoms with E-state index < -0.39 is 0 Å². The third kappa shape index (κ3) is 2.46. The van der Waals surface area contributed by atoms with E-state index in [1.807, 2.05) is 31.2 Å². The maximum Gasteiger partial charge on any atom is 0.0930 e. The quantitative estimate of drug-likeness (QED) is 0.757. The molecule has 0 radical (unpaired) electrons. The Morgan fingerprint density at radius 2 is 1.60 bits per heavy atom. The Hall–Kier alpha value is -1.12. The first-order valence-corrected chi connectivity index (χ1v) is 5.17. The average Bonchev–Trinajstić information content (AvgIpc) is 2.17. The van der Waals surface area contributed by atoms with Gasteiger partial charge in [0.1, 0.15) is 0 Å². The molecule has 0 N–H and O–H groups in total. The molecule has 2 aromatic rings. The van der Waals surface area contributed by atoms with Crippen LogP contribution < -0.4 is 0 Å². The molecule has 0 aliphatic carbocycles. The molecule has 2 rings (SSSR count). The van der Waals surface area contributed by atoms with E-state index in [-0.39, 0.29) is 0 Å². The number of aryl methyl sites for hydroxylation is 1. The lowest BCUT2D eigenvalue weighted by atomic mass is 10.1. The highest BCUT2D eigenvalue weighted by atomic mass is 35.5. The summed E-state index contributed by atoms with van der Waals surface area (Å²) in [4.78, 5) is 0. The molecular weight excluding hydrogens is 231 g/mol. The van der Waals surface area contributed by atoms with Crippen LogP contribution in [0.4, 0.5) is 0 Å². The number of aromatic nitrogens is 2. The van der Waals surface area contributed by atoms with Gasteiger partial charge in [0.15, 0.2) is 0 Å². The fraction of sp³-hybridized carbons (Fsp3) is 0.0909. The molecule has 0 fully saturated rings. The van der Waals surface area contributed by atoms with Crippen LogP contribution in [0.15, 0.2) is 30.3 Å². The van der Waals surface area contributed by atoms with Crippen molar-refractivity contribution in [3.8, 4) is 11.3 Å². The van der Waals surface area contributed by atoms with Gasteiger partial charge in [-0.1, -0.05) is 23.2 Å². The number of rotatable bonds is 1. The summed E-state index contributed by atoms with van der Waals surface area (Å²) < 4.78 is 0. The van der Waals surface area contributed by atoms with E-state index in [2.05, 4.69) is 10.2 Å². The Morgan fingerprint density at radius 3 is 2.13 bits per heavy atom. The van der Waals surface area contributed by atoms with Crippen LogP contribution in [0.2, 0.25) is 10.0 Å². The van der Waals surface area contributed by atoms with E-state index in [1.165, 1.54) is 0 Å². The highest BCUT2D eigenvalue weighted by Gasteiger charge is 2.02. The van der Waals surface area contributed by atoms with E-state index in [9.17, 15) is 0 Å². The molecule has 0 saturated carbocycles. The summed E-state index contributed by atoms with van der Waals surface area (Å²) in [7, 11) is 0. The Labute approximate surface area is 97.9 Å². The molecule has 2 nitrogen and oxygen atoms in total. The minimum absolute atomic E-state index is 0.597. The summed E-state index contributed by atoms with van der Waals surface area (Å²) in [5, 5.41) is 9.24. The second-order valence-corrected chi connectivity index (χ2v) is 4.09. The van der Waals surface area contributed by atoms with E-state index in [1.54, 1.807) is 6.07 Å². The zero-order valence-electron chi connectivity index (χ0n) is 8.04. The summed E-state index contributed by atoms with van der Waals surface area (Å²) in [5.41, 5.74) is 2.52. The lowest BCUT2D eigenvalue weighted by Gasteiger charge is -2.01. The van der Waals surface area contributed by atoms with Crippen molar-refractivity contribution in [2.75, 3.05) is 0 Å². The second-order valence-electron chi connectivity index (χ2n) is 3.22. The van der Waals surface area contributed by atoms with Gasteiger partial charge in [-0.25, -0.2) is 0 Å². The van der Waals surface area contributed by atoms with Gasteiger partial charge in [0.05, 0.1) is 11.4 Å². The first-order valence-electron chi connectivity index (χ1n) is 4.42. The molecule has 4 heteroatoms. The maximum atomic E-state index is 5.90. The van der Waals surface area contributed by atoms with Gasteiger partial charge in [-0.15, -0.1) is 0 Å². The Kier molecular flexibility index (Phi) is 2.89. The number of nitrogens with zero attached hydrogens (tertiary/aromatic N) is 2. The van der Waals surface area contributed by atoms with Crippen LogP contribution >= 0.6 is 23.2 Å². The third-order valence-electron chi connectivity index (χ3n) is 1.96. The van der Waals surface area contributed by atoms with Crippen LogP contribution in [-0.4, -0.2) is 10.2 Å². The minimum atomic E-state index is 0.597. The standard InChI is InChI=1S/C11H8Cl2N2/c1-7-2-3-11(15-14-7)8-4-9(12)6-10(13)5-8/h2-6H,1H3. The molecule has 0 saturated heterocycles. The van der Waals surface area contributed by atoms with Crippen molar-refractivity contribution in [1.82, 2.24) is 10.2 Å². The molecule has 1 aromatic carbocycles. The van der Waals surface area contributed by atoms with Crippen LogP contribution in [-0.2, 0) is 0 Å². The number of hydrogen-bond donors (Lipinski definition) is 0. The number of benzene rings is 1. The van der Waals surface area contributed by atoms with Crippen molar-refractivity contribution in [2.45, 2.75) is 6.92 Å². The molecule has 0 unspecified atom stereocenters. The Balaban J connectivity index is 2.49. The first kappa shape index (κ1) is 10.4. The highest BCUT2D eigenvalue weighted by Crippen LogP contribution is 2.25. The Bertz CT molecular complexity index is 460. The van der Waals surface area contributed by atoms with E-state index in [0.717, 1.165) is 17.0 Å².